The molecule has 0 fully saturated rings. The van der Waals surface area contributed by atoms with Crippen LogP contribution in [-0.2, 0) is 4.79 Å². The lowest BCUT2D eigenvalue weighted by Gasteiger charge is -2.11. The fourth-order valence-corrected chi connectivity index (χ4v) is 2.49. The highest BCUT2D eigenvalue weighted by molar-refractivity contribution is 8.00. The van der Waals surface area contributed by atoms with Crippen molar-refractivity contribution in [3.05, 3.63) is 29.8 Å². The normalized spacial score (nSPS) is 10.7. The molecule has 0 spiro atoms. The molecule has 18 heavy (non-hydrogen) atoms. The number of carbonyl (C=O) groups is 2. The van der Waals surface area contributed by atoms with E-state index in [-0.39, 0.29) is 17.5 Å². The molecule has 0 saturated heterocycles. The van der Waals surface area contributed by atoms with E-state index in [1.165, 1.54) is 11.8 Å². The van der Waals surface area contributed by atoms with E-state index in [0.29, 0.717) is 5.75 Å². The summed E-state index contributed by atoms with van der Waals surface area (Å²) in [5, 5.41) is 0. The Morgan fingerprint density at radius 3 is 2.11 bits per heavy atom. The summed E-state index contributed by atoms with van der Waals surface area (Å²) in [5.41, 5.74) is 0.774. The van der Waals surface area contributed by atoms with Gasteiger partial charge in [0.15, 0.2) is 5.78 Å². The van der Waals surface area contributed by atoms with Gasteiger partial charge in [0.05, 0.1) is 5.75 Å². The Morgan fingerprint density at radius 1 is 1.11 bits per heavy atom. The minimum atomic E-state index is 0.126. The van der Waals surface area contributed by atoms with Crippen molar-refractivity contribution < 1.29 is 9.59 Å². The first kappa shape index (κ1) is 15.0. The van der Waals surface area contributed by atoms with Crippen molar-refractivity contribution in [2.45, 2.75) is 38.5 Å². The van der Waals surface area contributed by atoms with E-state index in [9.17, 15) is 9.59 Å². The van der Waals surface area contributed by atoms with E-state index in [2.05, 4.69) is 0 Å². The lowest BCUT2D eigenvalue weighted by molar-refractivity contribution is -0.114. The van der Waals surface area contributed by atoms with Crippen LogP contribution in [-0.4, -0.2) is 17.3 Å². The third-order valence-corrected chi connectivity index (χ3v) is 4.09. The molecule has 0 aliphatic carbocycles. The minimum Gasteiger partial charge on any atom is -0.299 e. The topological polar surface area (TPSA) is 34.1 Å². The molecule has 3 heteroatoms. The highest BCUT2D eigenvalue weighted by Gasteiger charge is 2.15. The summed E-state index contributed by atoms with van der Waals surface area (Å²) in [6, 6.07) is 7.57. The molecule has 1 aromatic carbocycles. The average Bonchev–Trinajstić information content (AvgIpc) is 2.38. The molecule has 1 aromatic rings. The van der Waals surface area contributed by atoms with Crippen LogP contribution in [0.5, 0.6) is 0 Å². The molecule has 2 nitrogen and oxygen atoms in total. The van der Waals surface area contributed by atoms with Gasteiger partial charge in [-0.05, 0) is 31.9 Å². The van der Waals surface area contributed by atoms with Gasteiger partial charge in [-0.15, -0.1) is 11.8 Å². The van der Waals surface area contributed by atoms with Gasteiger partial charge in [0.25, 0.3) is 0 Å². The standard InChI is InChI=1S/C15H20O2S/c1-4-12(5-2)15(17)13-6-8-14(9-7-13)18-10-11(3)16/h6-9,12H,4-5,10H2,1-3H3. The zero-order chi connectivity index (χ0) is 13.5. The van der Waals surface area contributed by atoms with E-state index < -0.39 is 0 Å². The molecule has 0 radical (unpaired) electrons. The van der Waals surface area contributed by atoms with Crippen LogP contribution in [0.4, 0.5) is 0 Å². The fraction of sp³-hybridized carbons (Fsp3) is 0.467. The Balaban J connectivity index is 2.70. The van der Waals surface area contributed by atoms with Gasteiger partial charge >= 0.3 is 0 Å². The monoisotopic (exact) mass is 264 g/mol. The van der Waals surface area contributed by atoms with Crippen molar-refractivity contribution in [1.29, 1.82) is 0 Å². The van der Waals surface area contributed by atoms with E-state index in [1.54, 1.807) is 6.92 Å². The molecule has 98 valence electrons. The second-order valence-corrected chi connectivity index (χ2v) is 5.44. The smallest absolute Gasteiger partial charge is 0.165 e. The summed E-state index contributed by atoms with van der Waals surface area (Å²) in [7, 11) is 0. The molecule has 0 aliphatic heterocycles. The summed E-state index contributed by atoms with van der Waals surface area (Å²) >= 11 is 1.51. The first-order valence-electron chi connectivity index (χ1n) is 6.35. The molecule has 0 atom stereocenters. The van der Waals surface area contributed by atoms with Gasteiger partial charge in [-0.2, -0.15) is 0 Å². The molecule has 0 unspecified atom stereocenters. The first-order chi connectivity index (χ1) is 8.58. The van der Waals surface area contributed by atoms with E-state index in [0.717, 1.165) is 23.3 Å². The fourth-order valence-electron chi connectivity index (χ4n) is 1.80. The number of thioether (sulfide) groups is 1. The van der Waals surface area contributed by atoms with Crippen molar-refractivity contribution in [1.82, 2.24) is 0 Å². The molecule has 0 heterocycles. The number of carbonyl (C=O) groups excluding carboxylic acids is 2. The zero-order valence-corrected chi connectivity index (χ0v) is 12.0. The van der Waals surface area contributed by atoms with Gasteiger partial charge in [-0.3, -0.25) is 9.59 Å². The molecule has 0 aromatic heterocycles. The summed E-state index contributed by atoms with van der Waals surface area (Å²) in [6.45, 7) is 5.67. The van der Waals surface area contributed by atoms with Crippen LogP contribution in [0.3, 0.4) is 0 Å². The van der Waals surface area contributed by atoms with Gasteiger partial charge < -0.3 is 0 Å². The van der Waals surface area contributed by atoms with Crippen LogP contribution in [0, 0.1) is 5.92 Å². The van der Waals surface area contributed by atoms with Gasteiger partial charge in [0.2, 0.25) is 0 Å². The van der Waals surface area contributed by atoms with Gasteiger partial charge in [0.1, 0.15) is 5.78 Å². The van der Waals surface area contributed by atoms with Gasteiger partial charge in [-0.25, -0.2) is 0 Å². The van der Waals surface area contributed by atoms with Crippen molar-refractivity contribution >= 4 is 23.3 Å². The van der Waals surface area contributed by atoms with E-state index in [4.69, 9.17) is 0 Å². The maximum atomic E-state index is 12.1. The number of Topliss-reactive ketones (excluding diaryl/α,β-unsaturated/α-hetero) is 2. The van der Waals surface area contributed by atoms with E-state index in [1.807, 2.05) is 38.1 Å². The van der Waals surface area contributed by atoms with E-state index >= 15 is 0 Å². The SMILES string of the molecule is CCC(CC)C(=O)c1ccc(SCC(C)=O)cc1. The predicted molar refractivity (Wildman–Crippen MR) is 76.2 cm³/mol. The summed E-state index contributed by atoms with van der Waals surface area (Å²) in [6.07, 6.45) is 1.77. The number of rotatable bonds is 7. The van der Waals surface area contributed by atoms with Gasteiger partial charge in [-0.1, -0.05) is 26.0 Å². The van der Waals surface area contributed by atoms with Crippen molar-refractivity contribution in [3.63, 3.8) is 0 Å². The van der Waals surface area contributed by atoms with Crippen LogP contribution in [0.2, 0.25) is 0 Å². The molecular weight excluding hydrogens is 244 g/mol. The van der Waals surface area contributed by atoms with Crippen LogP contribution in [0.25, 0.3) is 0 Å². The number of ketones is 2. The number of hydrogen-bond acceptors (Lipinski definition) is 3. The molecule has 0 saturated carbocycles. The molecule has 0 amide bonds. The first-order valence-corrected chi connectivity index (χ1v) is 7.33. The third kappa shape index (κ3) is 4.30. The largest absolute Gasteiger partial charge is 0.299 e. The van der Waals surface area contributed by atoms with Crippen LogP contribution in [0.15, 0.2) is 29.2 Å². The van der Waals surface area contributed by atoms with Crippen LogP contribution in [0.1, 0.15) is 44.0 Å². The van der Waals surface area contributed by atoms with Gasteiger partial charge in [0, 0.05) is 16.4 Å². The molecule has 1 rings (SSSR count). The Labute approximate surface area is 113 Å². The quantitative estimate of drug-likeness (QED) is 0.551. The molecule has 0 N–H and O–H groups in total. The highest BCUT2D eigenvalue weighted by Crippen LogP contribution is 2.21. The Bertz CT molecular complexity index is 405. The third-order valence-electron chi connectivity index (χ3n) is 2.94. The second-order valence-electron chi connectivity index (χ2n) is 4.39. The Kier molecular flexibility index (Phi) is 6.13. The lowest BCUT2D eigenvalue weighted by atomic mass is 9.93. The summed E-state index contributed by atoms with van der Waals surface area (Å²) < 4.78 is 0. The Morgan fingerprint density at radius 2 is 1.67 bits per heavy atom. The molecule has 0 bridgehead atoms. The maximum Gasteiger partial charge on any atom is 0.165 e. The molecule has 0 aliphatic rings. The highest BCUT2D eigenvalue weighted by atomic mass is 32.2. The number of hydrogen-bond donors (Lipinski definition) is 0. The zero-order valence-electron chi connectivity index (χ0n) is 11.2. The summed E-state index contributed by atoms with van der Waals surface area (Å²) in [4.78, 5) is 24.0. The van der Waals surface area contributed by atoms with Crippen LogP contribution >= 0.6 is 11.8 Å². The minimum absolute atomic E-state index is 0.126. The number of benzene rings is 1. The maximum absolute atomic E-state index is 12.1. The summed E-state index contributed by atoms with van der Waals surface area (Å²) in [5.74, 6) is 1.00. The lowest BCUT2D eigenvalue weighted by Crippen LogP contribution is -2.12. The predicted octanol–water partition coefficient (Wildman–Crippen LogP) is 3.99. The van der Waals surface area contributed by atoms with Crippen molar-refractivity contribution in [2.24, 2.45) is 5.92 Å². The van der Waals surface area contributed by atoms with Crippen molar-refractivity contribution in [2.75, 3.05) is 5.75 Å². The molecular formula is C15H20O2S. The van der Waals surface area contributed by atoms with Crippen molar-refractivity contribution in [3.8, 4) is 0 Å². The average molecular weight is 264 g/mol. The van der Waals surface area contributed by atoms with Crippen LogP contribution < -0.4 is 0 Å². The Hall–Kier alpha value is -1.09. The second kappa shape index (κ2) is 7.37.